The molecule has 0 saturated heterocycles. The van der Waals surface area contributed by atoms with Crippen molar-refractivity contribution in [2.24, 2.45) is 0 Å². The summed E-state index contributed by atoms with van der Waals surface area (Å²) in [5.74, 6) is 0.103. The standard InChI is InChI=1S/C19H19FN4OS2/c1-24(12-15-5-3-2-4-6-15)17(25)13-26-19-23-22-18(27-19)21-11-14-7-9-16(20)10-8-14/h2-10H,11-13H2,1H3,(H,21,22). The molecule has 0 aliphatic heterocycles. The highest BCUT2D eigenvalue weighted by molar-refractivity contribution is 8.01. The highest BCUT2D eigenvalue weighted by atomic mass is 32.2. The van der Waals surface area contributed by atoms with E-state index in [1.807, 2.05) is 30.3 Å². The SMILES string of the molecule is CN(Cc1ccccc1)C(=O)CSc1nnc(NCc2ccc(F)cc2)s1. The summed E-state index contributed by atoms with van der Waals surface area (Å²) in [7, 11) is 1.80. The summed E-state index contributed by atoms with van der Waals surface area (Å²) in [4.78, 5) is 14.0. The molecule has 0 saturated carbocycles. The van der Waals surface area contributed by atoms with Gasteiger partial charge in [-0.3, -0.25) is 4.79 Å². The van der Waals surface area contributed by atoms with E-state index in [0.717, 1.165) is 15.5 Å². The molecular formula is C19H19FN4OS2. The summed E-state index contributed by atoms with van der Waals surface area (Å²) in [6, 6.07) is 16.2. The Morgan fingerprint density at radius 2 is 1.85 bits per heavy atom. The molecule has 140 valence electrons. The van der Waals surface area contributed by atoms with Gasteiger partial charge in [-0.2, -0.15) is 0 Å². The smallest absolute Gasteiger partial charge is 0.233 e. The van der Waals surface area contributed by atoms with Crippen molar-refractivity contribution < 1.29 is 9.18 Å². The number of hydrogen-bond donors (Lipinski definition) is 1. The first-order valence-electron chi connectivity index (χ1n) is 8.32. The first kappa shape index (κ1) is 19.3. The van der Waals surface area contributed by atoms with Gasteiger partial charge in [-0.1, -0.05) is 65.6 Å². The first-order chi connectivity index (χ1) is 13.1. The zero-order valence-corrected chi connectivity index (χ0v) is 16.4. The number of hydrogen-bond acceptors (Lipinski definition) is 6. The minimum Gasteiger partial charge on any atom is -0.356 e. The van der Waals surface area contributed by atoms with Crippen LogP contribution >= 0.6 is 23.1 Å². The molecule has 1 N–H and O–H groups in total. The summed E-state index contributed by atoms with van der Waals surface area (Å²) >= 11 is 2.77. The van der Waals surface area contributed by atoms with Crippen molar-refractivity contribution in [2.75, 3.05) is 18.1 Å². The predicted octanol–water partition coefficient (Wildman–Crippen LogP) is 4.04. The molecule has 0 bridgehead atoms. The largest absolute Gasteiger partial charge is 0.356 e. The molecular weight excluding hydrogens is 383 g/mol. The third-order valence-electron chi connectivity index (χ3n) is 3.77. The van der Waals surface area contributed by atoms with E-state index in [4.69, 9.17) is 0 Å². The summed E-state index contributed by atoms with van der Waals surface area (Å²) in [6.07, 6.45) is 0. The Morgan fingerprint density at radius 3 is 2.59 bits per heavy atom. The van der Waals surface area contributed by atoms with Gasteiger partial charge < -0.3 is 10.2 Å². The maximum Gasteiger partial charge on any atom is 0.233 e. The maximum atomic E-state index is 12.9. The fourth-order valence-corrected chi connectivity index (χ4v) is 3.99. The zero-order valence-electron chi connectivity index (χ0n) is 14.8. The van der Waals surface area contributed by atoms with E-state index in [-0.39, 0.29) is 11.7 Å². The number of amides is 1. The number of halogens is 1. The van der Waals surface area contributed by atoms with Crippen LogP contribution in [-0.4, -0.2) is 33.8 Å². The maximum absolute atomic E-state index is 12.9. The van der Waals surface area contributed by atoms with Crippen molar-refractivity contribution in [3.05, 3.63) is 71.5 Å². The van der Waals surface area contributed by atoms with Gasteiger partial charge in [-0.15, -0.1) is 10.2 Å². The van der Waals surface area contributed by atoms with Crippen LogP contribution in [0.4, 0.5) is 9.52 Å². The van der Waals surface area contributed by atoms with Crippen molar-refractivity contribution in [1.82, 2.24) is 15.1 Å². The Bertz CT molecular complexity index is 871. The molecule has 1 heterocycles. The van der Waals surface area contributed by atoms with Crippen LogP contribution in [0.5, 0.6) is 0 Å². The number of nitrogens with zero attached hydrogens (tertiary/aromatic N) is 3. The Balaban J connectivity index is 1.44. The third kappa shape index (κ3) is 6.04. The van der Waals surface area contributed by atoms with Crippen LogP contribution in [0, 0.1) is 5.82 Å². The molecule has 5 nitrogen and oxygen atoms in total. The van der Waals surface area contributed by atoms with Crippen LogP contribution in [0.15, 0.2) is 58.9 Å². The molecule has 0 spiro atoms. The summed E-state index contributed by atoms with van der Waals surface area (Å²) in [5.41, 5.74) is 2.06. The number of nitrogens with one attached hydrogen (secondary N) is 1. The lowest BCUT2D eigenvalue weighted by Crippen LogP contribution is -2.27. The summed E-state index contributed by atoms with van der Waals surface area (Å²) in [6.45, 7) is 1.12. The molecule has 3 rings (SSSR count). The van der Waals surface area contributed by atoms with E-state index in [0.29, 0.717) is 24.0 Å². The van der Waals surface area contributed by atoms with Gasteiger partial charge >= 0.3 is 0 Å². The Morgan fingerprint density at radius 1 is 1.11 bits per heavy atom. The van der Waals surface area contributed by atoms with Gasteiger partial charge in [-0.25, -0.2) is 4.39 Å². The van der Waals surface area contributed by atoms with Crippen LogP contribution in [0.3, 0.4) is 0 Å². The normalized spacial score (nSPS) is 10.6. The number of carbonyl (C=O) groups is 1. The van der Waals surface area contributed by atoms with Gasteiger partial charge in [0, 0.05) is 20.1 Å². The lowest BCUT2D eigenvalue weighted by atomic mass is 10.2. The van der Waals surface area contributed by atoms with Crippen LogP contribution in [0.25, 0.3) is 0 Å². The first-order valence-corrected chi connectivity index (χ1v) is 10.1. The number of aromatic nitrogens is 2. The molecule has 0 unspecified atom stereocenters. The molecule has 0 aliphatic carbocycles. The van der Waals surface area contributed by atoms with Crippen molar-refractivity contribution in [2.45, 2.75) is 17.4 Å². The highest BCUT2D eigenvalue weighted by Gasteiger charge is 2.12. The fourth-order valence-electron chi connectivity index (χ4n) is 2.30. The van der Waals surface area contributed by atoms with Crippen LogP contribution in [0.2, 0.25) is 0 Å². The van der Waals surface area contributed by atoms with Crippen molar-refractivity contribution >= 4 is 34.1 Å². The number of carbonyl (C=O) groups excluding carboxylic acids is 1. The van der Waals surface area contributed by atoms with E-state index in [1.54, 1.807) is 24.1 Å². The monoisotopic (exact) mass is 402 g/mol. The van der Waals surface area contributed by atoms with E-state index in [1.165, 1.54) is 35.2 Å². The molecule has 0 atom stereocenters. The predicted molar refractivity (Wildman–Crippen MR) is 107 cm³/mol. The highest BCUT2D eigenvalue weighted by Crippen LogP contribution is 2.26. The van der Waals surface area contributed by atoms with Crippen molar-refractivity contribution in [3.8, 4) is 0 Å². The zero-order chi connectivity index (χ0) is 19.1. The second kappa shape index (κ2) is 9.48. The molecule has 0 radical (unpaired) electrons. The molecule has 1 amide bonds. The van der Waals surface area contributed by atoms with E-state index < -0.39 is 0 Å². The van der Waals surface area contributed by atoms with Gasteiger partial charge in [0.25, 0.3) is 0 Å². The van der Waals surface area contributed by atoms with Gasteiger partial charge in [-0.05, 0) is 23.3 Å². The van der Waals surface area contributed by atoms with E-state index in [2.05, 4.69) is 15.5 Å². The quantitative estimate of drug-likeness (QED) is 0.576. The van der Waals surface area contributed by atoms with E-state index >= 15 is 0 Å². The minimum absolute atomic E-state index is 0.0416. The summed E-state index contributed by atoms with van der Waals surface area (Å²) < 4.78 is 13.6. The number of rotatable bonds is 8. The Hall–Kier alpha value is -2.45. The molecule has 0 fully saturated rings. The topological polar surface area (TPSA) is 58.1 Å². The molecule has 8 heteroatoms. The fraction of sp³-hybridized carbons (Fsp3) is 0.211. The van der Waals surface area contributed by atoms with E-state index in [9.17, 15) is 9.18 Å². The van der Waals surface area contributed by atoms with Crippen LogP contribution in [0.1, 0.15) is 11.1 Å². The van der Waals surface area contributed by atoms with Crippen LogP contribution < -0.4 is 5.32 Å². The Labute approximate surface area is 165 Å². The van der Waals surface area contributed by atoms with Gasteiger partial charge in [0.2, 0.25) is 11.0 Å². The van der Waals surface area contributed by atoms with Crippen LogP contribution in [-0.2, 0) is 17.9 Å². The minimum atomic E-state index is -0.254. The molecule has 0 aliphatic rings. The number of anilines is 1. The average Bonchev–Trinajstić information content (AvgIpc) is 3.14. The van der Waals surface area contributed by atoms with Gasteiger partial charge in [0.1, 0.15) is 5.82 Å². The lowest BCUT2D eigenvalue weighted by molar-refractivity contribution is -0.127. The van der Waals surface area contributed by atoms with Crippen molar-refractivity contribution in [3.63, 3.8) is 0 Å². The lowest BCUT2D eigenvalue weighted by Gasteiger charge is -2.16. The molecule has 27 heavy (non-hydrogen) atoms. The third-order valence-corrected chi connectivity index (χ3v) is 5.77. The molecule has 1 aromatic heterocycles. The second-order valence-electron chi connectivity index (χ2n) is 5.88. The summed E-state index contributed by atoms with van der Waals surface area (Å²) in [5, 5.41) is 12.0. The van der Waals surface area contributed by atoms with Gasteiger partial charge in [0.15, 0.2) is 4.34 Å². The number of thioether (sulfide) groups is 1. The molecule has 3 aromatic rings. The van der Waals surface area contributed by atoms with Crippen molar-refractivity contribution in [1.29, 1.82) is 0 Å². The molecule has 2 aromatic carbocycles. The average molecular weight is 403 g/mol. The second-order valence-corrected chi connectivity index (χ2v) is 8.08. The Kier molecular flexibility index (Phi) is 6.78. The van der Waals surface area contributed by atoms with Gasteiger partial charge in [0.05, 0.1) is 5.75 Å². The number of benzene rings is 2.